The minimum Gasteiger partial charge on any atom is -0.468 e. The molecule has 0 saturated carbocycles. The van der Waals surface area contributed by atoms with Gasteiger partial charge in [0.25, 0.3) is 0 Å². The summed E-state index contributed by atoms with van der Waals surface area (Å²) < 4.78 is 41.6. The van der Waals surface area contributed by atoms with Gasteiger partial charge in [0.2, 0.25) is 0 Å². The molecule has 5 heteroatoms. The number of carbonyl (C=O) groups is 1. The number of alkyl halides is 3. The van der Waals surface area contributed by atoms with Crippen LogP contribution in [0.3, 0.4) is 0 Å². The summed E-state index contributed by atoms with van der Waals surface area (Å²) in [6, 6.07) is 3.29. The maximum absolute atomic E-state index is 12.4. The average Bonchev–Trinajstić information content (AvgIpc) is 2.29. The number of carbonyl (C=O) groups excluding carboxylic acids is 1. The first kappa shape index (κ1) is 14.1. The Hall–Kier alpha value is -1.96. The SMILES string of the molecule is COC(=O)CC#Cc1ccc(C(F)(F)F)cc1C. The number of rotatable bonds is 1. The highest BCUT2D eigenvalue weighted by Crippen LogP contribution is 2.30. The Labute approximate surface area is 103 Å². The van der Waals surface area contributed by atoms with Crippen LogP contribution >= 0.6 is 0 Å². The Morgan fingerprint density at radius 3 is 2.56 bits per heavy atom. The molecule has 1 rings (SSSR count). The number of benzene rings is 1. The van der Waals surface area contributed by atoms with E-state index in [-0.39, 0.29) is 6.42 Å². The van der Waals surface area contributed by atoms with Crippen LogP contribution in [0.15, 0.2) is 18.2 Å². The normalized spacial score (nSPS) is 10.5. The third-order valence-electron chi connectivity index (χ3n) is 2.24. The molecular formula is C13H11F3O2. The van der Waals surface area contributed by atoms with Crippen molar-refractivity contribution in [3.63, 3.8) is 0 Å². The summed E-state index contributed by atoms with van der Waals surface area (Å²) in [6.45, 7) is 1.54. The Balaban J connectivity index is 2.90. The van der Waals surface area contributed by atoms with Crippen LogP contribution in [-0.4, -0.2) is 13.1 Å². The van der Waals surface area contributed by atoms with E-state index in [1.165, 1.54) is 20.1 Å². The van der Waals surface area contributed by atoms with Crippen molar-refractivity contribution in [2.45, 2.75) is 19.5 Å². The monoisotopic (exact) mass is 256 g/mol. The lowest BCUT2D eigenvalue weighted by Gasteiger charge is -2.08. The third kappa shape index (κ3) is 3.81. The number of ether oxygens (including phenoxy) is 1. The van der Waals surface area contributed by atoms with Crippen LogP contribution in [0.25, 0.3) is 0 Å². The predicted octanol–water partition coefficient (Wildman–Crippen LogP) is 2.93. The van der Waals surface area contributed by atoms with Gasteiger partial charge in [0.05, 0.1) is 12.7 Å². The zero-order valence-electron chi connectivity index (χ0n) is 9.89. The first-order chi connectivity index (χ1) is 8.34. The summed E-state index contributed by atoms with van der Waals surface area (Å²) in [5.41, 5.74) is 0.174. The van der Waals surface area contributed by atoms with Crippen molar-refractivity contribution in [2.75, 3.05) is 7.11 Å². The van der Waals surface area contributed by atoms with Crippen LogP contribution in [-0.2, 0) is 15.7 Å². The first-order valence-electron chi connectivity index (χ1n) is 5.08. The number of aryl methyl sites for hydroxylation is 1. The molecule has 0 aliphatic rings. The van der Waals surface area contributed by atoms with Gasteiger partial charge in [-0.25, -0.2) is 0 Å². The summed E-state index contributed by atoms with van der Waals surface area (Å²) in [4.78, 5) is 10.8. The Morgan fingerprint density at radius 2 is 2.06 bits per heavy atom. The number of methoxy groups -OCH3 is 1. The van der Waals surface area contributed by atoms with Gasteiger partial charge in [0, 0.05) is 5.56 Å². The molecule has 18 heavy (non-hydrogen) atoms. The summed E-state index contributed by atoms with van der Waals surface area (Å²) in [7, 11) is 1.24. The number of hydrogen-bond donors (Lipinski definition) is 0. The predicted molar refractivity (Wildman–Crippen MR) is 59.7 cm³/mol. The lowest BCUT2D eigenvalue weighted by molar-refractivity contribution is -0.139. The maximum Gasteiger partial charge on any atom is 0.416 e. The number of esters is 1. The number of halogens is 3. The van der Waals surface area contributed by atoms with Crippen molar-refractivity contribution in [3.05, 3.63) is 34.9 Å². The van der Waals surface area contributed by atoms with E-state index in [1.807, 2.05) is 0 Å². The second kappa shape index (κ2) is 5.58. The fourth-order valence-electron chi connectivity index (χ4n) is 1.26. The van der Waals surface area contributed by atoms with Crippen LogP contribution in [0.1, 0.15) is 23.1 Å². The van der Waals surface area contributed by atoms with Crippen molar-refractivity contribution in [2.24, 2.45) is 0 Å². The highest BCUT2D eigenvalue weighted by Gasteiger charge is 2.30. The minimum absolute atomic E-state index is 0.0863. The highest BCUT2D eigenvalue weighted by molar-refractivity contribution is 5.72. The van der Waals surface area contributed by atoms with E-state index in [0.29, 0.717) is 11.1 Å². The molecule has 0 saturated heterocycles. The van der Waals surface area contributed by atoms with E-state index in [9.17, 15) is 18.0 Å². The largest absolute Gasteiger partial charge is 0.468 e. The highest BCUT2D eigenvalue weighted by atomic mass is 19.4. The molecule has 0 heterocycles. The smallest absolute Gasteiger partial charge is 0.416 e. The average molecular weight is 256 g/mol. The summed E-state index contributed by atoms with van der Waals surface area (Å²) >= 11 is 0. The fraction of sp³-hybridized carbons (Fsp3) is 0.308. The molecule has 0 spiro atoms. The molecule has 1 aromatic rings. The molecule has 0 N–H and O–H groups in total. The van der Waals surface area contributed by atoms with Gasteiger partial charge < -0.3 is 4.74 Å². The topological polar surface area (TPSA) is 26.3 Å². The van der Waals surface area contributed by atoms with Crippen LogP contribution in [0, 0.1) is 18.8 Å². The van der Waals surface area contributed by atoms with E-state index in [4.69, 9.17) is 0 Å². The molecule has 0 atom stereocenters. The van der Waals surface area contributed by atoms with E-state index in [2.05, 4.69) is 16.6 Å². The lowest BCUT2D eigenvalue weighted by Crippen LogP contribution is -2.05. The molecule has 0 radical (unpaired) electrons. The van der Waals surface area contributed by atoms with Crippen molar-refractivity contribution in [3.8, 4) is 11.8 Å². The van der Waals surface area contributed by atoms with E-state index < -0.39 is 17.7 Å². The molecule has 0 bridgehead atoms. The van der Waals surface area contributed by atoms with E-state index in [0.717, 1.165) is 12.1 Å². The molecule has 96 valence electrons. The van der Waals surface area contributed by atoms with Crippen LogP contribution < -0.4 is 0 Å². The zero-order valence-corrected chi connectivity index (χ0v) is 9.89. The Bertz CT molecular complexity index is 507. The quantitative estimate of drug-likeness (QED) is 0.570. The van der Waals surface area contributed by atoms with Crippen molar-refractivity contribution < 1.29 is 22.7 Å². The lowest BCUT2D eigenvalue weighted by atomic mass is 10.1. The molecule has 0 amide bonds. The second-order valence-electron chi connectivity index (χ2n) is 3.58. The summed E-state index contributed by atoms with van der Waals surface area (Å²) in [5.74, 6) is 4.70. The summed E-state index contributed by atoms with van der Waals surface area (Å²) in [5, 5.41) is 0. The van der Waals surface area contributed by atoms with Gasteiger partial charge in [-0.1, -0.05) is 11.8 Å². The molecule has 2 nitrogen and oxygen atoms in total. The standard InChI is InChI=1S/C13H11F3O2/c1-9-8-11(13(14,15)16)7-6-10(9)4-3-5-12(17)18-2/h6-8H,5H2,1-2H3. The van der Waals surface area contributed by atoms with Crippen LogP contribution in [0.4, 0.5) is 13.2 Å². The molecule has 0 aromatic heterocycles. The van der Waals surface area contributed by atoms with Gasteiger partial charge in [-0.3, -0.25) is 4.79 Å². The Morgan fingerprint density at radius 1 is 1.39 bits per heavy atom. The van der Waals surface area contributed by atoms with Crippen molar-refractivity contribution >= 4 is 5.97 Å². The second-order valence-corrected chi connectivity index (χ2v) is 3.58. The molecule has 0 unspecified atom stereocenters. The fourth-order valence-corrected chi connectivity index (χ4v) is 1.26. The van der Waals surface area contributed by atoms with Gasteiger partial charge in [0.1, 0.15) is 6.42 Å². The molecule has 0 aliphatic carbocycles. The van der Waals surface area contributed by atoms with Crippen LogP contribution in [0.2, 0.25) is 0 Å². The zero-order chi connectivity index (χ0) is 13.8. The minimum atomic E-state index is -4.36. The van der Waals surface area contributed by atoms with Crippen molar-refractivity contribution in [1.82, 2.24) is 0 Å². The van der Waals surface area contributed by atoms with Gasteiger partial charge >= 0.3 is 12.1 Å². The molecule has 0 aliphatic heterocycles. The number of hydrogen-bond acceptors (Lipinski definition) is 2. The van der Waals surface area contributed by atoms with Gasteiger partial charge in [0.15, 0.2) is 0 Å². The molecular weight excluding hydrogens is 245 g/mol. The van der Waals surface area contributed by atoms with E-state index >= 15 is 0 Å². The Kier molecular flexibility index (Phi) is 4.38. The summed E-state index contributed by atoms with van der Waals surface area (Å²) in [6.07, 6.45) is -4.44. The molecule has 0 fully saturated rings. The van der Waals surface area contributed by atoms with Gasteiger partial charge in [-0.05, 0) is 30.7 Å². The van der Waals surface area contributed by atoms with Crippen LogP contribution in [0.5, 0.6) is 0 Å². The maximum atomic E-state index is 12.4. The van der Waals surface area contributed by atoms with Gasteiger partial charge in [-0.15, -0.1) is 0 Å². The first-order valence-corrected chi connectivity index (χ1v) is 5.08. The third-order valence-corrected chi connectivity index (χ3v) is 2.24. The van der Waals surface area contributed by atoms with Crippen molar-refractivity contribution in [1.29, 1.82) is 0 Å². The van der Waals surface area contributed by atoms with E-state index in [1.54, 1.807) is 0 Å². The van der Waals surface area contributed by atoms with Gasteiger partial charge in [-0.2, -0.15) is 13.2 Å². The molecule has 1 aromatic carbocycles.